The Morgan fingerprint density at radius 1 is 1.12 bits per heavy atom. The van der Waals surface area contributed by atoms with E-state index in [9.17, 15) is 14.7 Å². The highest BCUT2D eigenvalue weighted by molar-refractivity contribution is 7.15. The maximum absolute atomic E-state index is 13.1. The molecular formula is C22H17Cl2N3O4S. The van der Waals surface area contributed by atoms with Crippen LogP contribution in [0.5, 0.6) is 5.75 Å². The van der Waals surface area contributed by atoms with E-state index in [1.165, 1.54) is 4.90 Å². The molecule has 0 saturated carbocycles. The van der Waals surface area contributed by atoms with Crippen molar-refractivity contribution in [1.29, 1.82) is 0 Å². The molecular weight excluding hydrogens is 473 g/mol. The number of ketones is 1. The molecule has 7 nitrogen and oxygen atoms in total. The Balaban J connectivity index is 1.90. The summed E-state index contributed by atoms with van der Waals surface area (Å²) in [5.41, 5.74) is 0.786. The Morgan fingerprint density at radius 2 is 1.84 bits per heavy atom. The van der Waals surface area contributed by atoms with Crippen molar-refractivity contribution in [1.82, 2.24) is 10.2 Å². The smallest absolute Gasteiger partial charge is 0.301 e. The van der Waals surface area contributed by atoms with Crippen LogP contribution in [0.3, 0.4) is 0 Å². The lowest BCUT2D eigenvalue weighted by Gasteiger charge is -2.23. The molecule has 32 heavy (non-hydrogen) atoms. The van der Waals surface area contributed by atoms with Crippen LogP contribution in [0, 0.1) is 6.92 Å². The fourth-order valence-corrected chi connectivity index (χ4v) is 4.46. The fourth-order valence-electron chi connectivity index (χ4n) is 3.44. The quantitative estimate of drug-likeness (QED) is 0.301. The first-order chi connectivity index (χ1) is 15.3. The van der Waals surface area contributed by atoms with Gasteiger partial charge in [-0.05, 0) is 55.8 Å². The van der Waals surface area contributed by atoms with E-state index < -0.39 is 17.7 Å². The van der Waals surface area contributed by atoms with Gasteiger partial charge in [0.25, 0.3) is 5.78 Å². The van der Waals surface area contributed by atoms with E-state index in [1.54, 1.807) is 49.4 Å². The van der Waals surface area contributed by atoms with E-state index in [2.05, 4.69) is 10.2 Å². The number of aliphatic hydroxyl groups is 1. The van der Waals surface area contributed by atoms with Gasteiger partial charge in [-0.1, -0.05) is 40.6 Å². The van der Waals surface area contributed by atoms with Gasteiger partial charge in [0.2, 0.25) is 5.13 Å². The van der Waals surface area contributed by atoms with Gasteiger partial charge in [0.1, 0.15) is 16.5 Å². The van der Waals surface area contributed by atoms with Crippen LogP contribution >= 0.6 is 34.5 Å². The first-order valence-corrected chi connectivity index (χ1v) is 11.2. The molecule has 4 rings (SSSR count). The molecule has 0 bridgehead atoms. The van der Waals surface area contributed by atoms with E-state index in [1.807, 2.05) is 6.92 Å². The topological polar surface area (TPSA) is 92.6 Å². The third-order valence-corrected chi connectivity index (χ3v) is 6.44. The molecule has 2 aromatic carbocycles. The van der Waals surface area contributed by atoms with Crippen molar-refractivity contribution >= 4 is 57.1 Å². The van der Waals surface area contributed by atoms with Crippen LogP contribution in [0.1, 0.15) is 29.1 Å². The first kappa shape index (κ1) is 22.3. The lowest BCUT2D eigenvalue weighted by molar-refractivity contribution is -0.132. The summed E-state index contributed by atoms with van der Waals surface area (Å²) in [4.78, 5) is 27.3. The molecule has 1 amide bonds. The zero-order chi connectivity index (χ0) is 23.0. The minimum Gasteiger partial charge on any atom is -0.507 e. The number of aromatic nitrogens is 2. The maximum atomic E-state index is 13.1. The van der Waals surface area contributed by atoms with Gasteiger partial charge in [0, 0.05) is 5.56 Å². The fraction of sp³-hybridized carbons (Fsp3) is 0.182. The summed E-state index contributed by atoms with van der Waals surface area (Å²) < 4.78 is 5.43. The molecule has 1 atom stereocenters. The number of aliphatic hydroxyl groups excluding tert-OH is 1. The molecule has 1 aromatic heterocycles. The Labute approximate surface area is 197 Å². The number of hydrogen-bond acceptors (Lipinski definition) is 7. The molecule has 1 saturated heterocycles. The van der Waals surface area contributed by atoms with Crippen molar-refractivity contribution in [3.63, 3.8) is 0 Å². The molecule has 0 aliphatic carbocycles. The van der Waals surface area contributed by atoms with E-state index in [4.69, 9.17) is 27.9 Å². The van der Waals surface area contributed by atoms with Crippen molar-refractivity contribution in [2.45, 2.75) is 19.9 Å². The summed E-state index contributed by atoms with van der Waals surface area (Å²) >= 11 is 13.4. The molecule has 0 spiro atoms. The van der Waals surface area contributed by atoms with Crippen LogP contribution in [0.15, 0.2) is 48.0 Å². The SMILES string of the molecule is CCOc1ccc(C(O)=C2C(=O)C(=O)N(c3nnc(C)s3)[C@H]2c2ccc(Cl)c(Cl)c2)cc1. The average Bonchev–Trinajstić information content (AvgIpc) is 3.31. The molecule has 164 valence electrons. The highest BCUT2D eigenvalue weighted by atomic mass is 35.5. The summed E-state index contributed by atoms with van der Waals surface area (Å²) in [6.45, 7) is 4.10. The highest BCUT2D eigenvalue weighted by Crippen LogP contribution is 2.44. The summed E-state index contributed by atoms with van der Waals surface area (Å²) in [6.07, 6.45) is 0. The van der Waals surface area contributed by atoms with E-state index in [0.717, 1.165) is 11.3 Å². The van der Waals surface area contributed by atoms with Gasteiger partial charge in [0.05, 0.1) is 28.3 Å². The summed E-state index contributed by atoms with van der Waals surface area (Å²) in [7, 11) is 0. The van der Waals surface area contributed by atoms with Gasteiger partial charge in [-0.2, -0.15) is 0 Å². The Kier molecular flexibility index (Phi) is 6.19. The van der Waals surface area contributed by atoms with E-state index >= 15 is 0 Å². The highest BCUT2D eigenvalue weighted by Gasteiger charge is 2.48. The number of halogens is 2. The van der Waals surface area contributed by atoms with Crippen LogP contribution < -0.4 is 9.64 Å². The number of carbonyl (C=O) groups is 2. The average molecular weight is 490 g/mol. The maximum Gasteiger partial charge on any atom is 0.301 e. The molecule has 1 aliphatic rings. The second-order valence-electron chi connectivity index (χ2n) is 6.90. The lowest BCUT2D eigenvalue weighted by Crippen LogP contribution is -2.29. The van der Waals surface area contributed by atoms with Crippen molar-refractivity contribution in [2.24, 2.45) is 0 Å². The molecule has 2 heterocycles. The third-order valence-electron chi connectivity index (χ3n) is 4.86. The molecule has 1 N–H and O–H groups in total. The Morgan fingerprint density at radius 3 is 2.44 bits per heavy atom. The number of ether oxygens (including phenoxy) is 1. The van der Waals surface area contributed by atoms with Crippen LogP contribution in [-0.2, 0) is 9.59 Å². The number of benzene rings is 2. The van der Waals surface area contributed by atoms with Crippen LogP contribution in [0.2, 0.25) is 10.0 Å². The van der Waals surface area contributed by atoms with Crippen molar-refractivity contribution in [3.8, 4) is 5.75 Å². The second-order valence-corrected chi connectivity index (χ2v) is 8.88. The number of aryl methyl sites for hydroxylation is 1. The zero-order valence-corrected chi connectivity index (χ0v) is 19.3. The van der Waals surface area contributed by atoms with Crippen LogP contribution in [-0.4, -0.2) is 33.6 Å². The number of nitrogens with zero attached hydrogens (tertiary/aromatic N) is 3. The normalized spacial score (nSPS) is 17.8. The number of anilines is 1. The predicted molar refractivity (Wildman–Crippen MR) is 124 cm³/mol. The molecule has 0 radical (unpaired) electrons. The minimum atomic E-state index is -0.955. The van der Waals surface area contributed by atoms with Crippen LogP contribution in [0.4, 0.5) is 5.13 Å². The number of amides is 1. The Bertz CT molecular complexity index is 1240. The predicted octanol–water partition coefficient (Wildman–Crippen LogP) is 5.18. The largest absolute Gasteiger partial charge is 0.507 e. The van der Waals surface area contributed by atoms with Gasteiger partial charge in [-0.3, -0.25) is 14.5 Å². The zero-order valence-electron chi connectivity index (χ0n) is 17.0. The summed E-state index contributed by atoms with van der Waals surface area (Å²) in [5, 5.41) is 20.5. The van der Waals surface area contributed by atoms with Gasteiger partial charge in [-0.25, -0.2) is 0 Å². The standard InChI is InChI=1S/C22H17Cl2N3O4S/c1-3-31-14-7-4-12(5-8-14)19(28)17-18(13-6-9-15(23)16(24)10-13)27(21(30)20(17)29)22-26-25-11(2)32-22/h4-10,18,28H,3H2,1-2H3/t18-/m0/s1. The van der Waals surface area contributed by atoms with Crippen molar-refractivity contribution < 1.29 is 19.4 Å². The first-order valence-electron chi connectivity index (χ1n) is 9.61. The van der Waals surface area contributed by atoms with Gasteiger partial charge in [0.15, 0.2) is 0 Å². The van der Waals surface area contributed by atoms with Gasteiger partial charge < -0.3 is 9.84 Å². The minimum absolute atomic E-state index is 0.0783. The lowest BCUT2D eigenvalue weighted by atomic mass is 9.95. The van der Waals surface area contributed by atoms with Crippen molar-refractivity contribution in [3.05, 3.63) is 74.2 Å². The molecule has 0 unspecified atom stereocenters. The summed E-state index contributed by atoms with van der Waals surface area (Å²) in [5.74, 6) is -1.34. The third kappa shape index (κ3) is 3.97. The number of rotatable bonds is 5. The molecule has 10 heteroatoms. The van der Waals surface area contributed by atoms with Crippen LogP contribution in [0.25, 0.3) is 5.76 Å². The van der Waals surface area contributed by atoms with Gasteiger partial charge >= 0.3 is 5.91 Å². The number of hydrogen-bond donors (Lipinski definition) is 1. The van der Waals surface area contributed by atoms with Crippen molar-refractivity contribution in [2.75, 3.05) is 11.5 Å². The molecule has 3 aromatic rings. The van der Waals surface area contributed by atoms with E-state index in [-0.39, 0.29) is 21.5 Å². The second kappa shape index (κ2) is 8.90. The molecule has 1 fully saturated rings. The molecule has 1 aliphatic heterocycles. The van der Waals surface area contributed by atoms with Gasteiger partial charge in [-0.15, -0.1) is 10.2 Å². The summed E-state index contributed by atoms with van der Waals surface area (Å²) in [6, 6.07) is 10.4. The monoisotopic (exact) mass is 489 g/mol. The van der Waals surface area contributed by atoms with E-state index in [0.29, 0.717) is 33.5 Å². The number of Topliss-reactive ketones (excluding diaryl/α,β-unsaturated/α-hetero) is 1. The number of carbonyl (C=O) groups excluding carboxylic acids is 2. The Hall–Kier alpha value is -2.94.